The molecular formula is C14H16O. The number of Topliss-reactive ketones (excluding diaryl/α,β-unsaturated/α-hetero) is 1. The van der Waals surface area contributed by atoms with Crippen molar-refractivity contribution in [2.24, 2.45) is 5.92 Å². The highest BCUT2D eigenvalue weighted by atomic mass is 16.1. The van der Waals surface area contributed by atoms with Crippen molar-refractivity contribution < 1.29 is 4.79 Å². The van der Waals surface area contributed by atoms with Crippen LogP contribution in [0, 0.1) is 5.92 Å². The molecule has 0 amide bonds. The summed E-state index contributed by atoms with van der Waals surface area (Å²) in [7, 11) is 0. The number of rotatable bonds is 3. The summed E-state index contributed by atoms with van der Waals surface area (Å²) in [5.74, 6) is 2.03. The van der Waals surface area contributed by atoms with Gasteiger partial charge in [-0.15, -0.1) is 0 Å². The standard InChI is InChI=1S/C14H16O/c1-9(15)13-8-14(13)12-5-3-2-4-11(12)10-6-7-10/h2-5,10,13-14H,6-8H2,1H3. The number of carbonyl (C=O) groups excluding carboxylic acids is 1. The Hall–Kier alpha value is -1.11. The first-order valence-electron chi connectivity index (χ1n) is 5.86. The van der Waals surface area contributed by atoms with Crippen LogP contribution in [0.4, 0.5) is 0 Å². The zero-order valence-electron chi connectivity index (χ0n) is 9.07. The molecule has 3 rings (SSSR count). The summed E-state index contributed by atoms with van der Waals surface area (Å²) in [5.41, 5.74) is 2.98. The second kappa shape index (κ2) is 3.19. The average Bonchev–Trinajstić information content (AvgIpc) is 3.11. The van der Waals surface area contributed by atoms with Gasteiger partial charge in [0.25, 0.3) is 0 Å². The lowest BCUT2D eigenvalue weighted by atomic mass is 9.98. The predicted octanol–water partition coefficient (Wildman–Crippen LogP) is 3.26. The quantitative estimate of drug-likeness (QED) is 0.732. The van der Waals surface area contributed by atoms with E-state index < -0.39 is 0 Å². The molecule has 78 valence electrons. The Balaban J connectivity index is 1.89. The normalized spacial score (nSPS) is 28.9. The lowest BCUT2D eigenvalue weighted by Gasteiger charge is -2.07. The summed E-state index contributed by atoms with van der Waals surface area (Å²) in [6.07, 6.45) is 3.77. The van der Waals surface area contributed by atoms with Crippen molar-refractivity contribution in [2.45, 2.75) is 38.0 Å². The van der Waals surface area contributed by atoms with Crippen molar-refractivity contribution in [1.29, 1.82) is 0 Å². The van der Waals surface area contributed by atoms with Crippen LogP contribution in [-0.4, -0.2) is 5.78 Å². The molecule has 2 unspecified atom stereocenters. The van der Waals surface area contributed by atoms with Crippen LogP contribution in [0.15, 0.2) is 24.3 Å². The number of hydrogen-bond acceptors (Lipinski definition) is 1. The Morgan fingerprint density at radius 1 is 1.20 bits per heavy atom. The van der Waals surface area contributed by atoms with Crippen molar-refractivity contribution in [3.05, 3.63) is 35.4 Å². The Labute approximate surface area is 90.5 Å². The van der Waals surface area contributed by atoms with E-state index in [-0.39, 0.29) is 0 Å². The molecule has 0 radical (unpaired) electrons. The van der Waals surface area contributed by atoms with E-state index in [4.69, 9.17) is 0 Å². The number of benzene rings is 1. The fraction of sp³-hybridized carbons (Fsp3) is 0.500. The summed E-state index contributed by atoms with van der Waals surface area (Å²) in [4.78, 5) is 11.3. The summed E-state index contributed by atoms with van der Waals surface area (Å²) in [5, 5.41) is 0. The SMILES string of the molecule is CC(=O)C1CC1c1ccccc1C1CC1. The average molecular weight is 200 g/mol. The van der Waals surface area contributed by atoms with E-state index in [9.17, 15) is 4.79 Å². The van der Waals surface area contributed by atoms with E-state index in [1.165, 1.54) is 24.0 Å². The van der Waals surface area contributed by atoms with Gasteiger partial charge < -0.3 is 0 Å². The van der Waals surface area contributed by atoms with Crippen LogP contribution in [-0.2, 0) is 4.79 Å². The molecule has 0 N–H and O–H groups in total. The molecule has 2 aliphatic carbocycles. The molecule has 1 aromatic rings. The van der Waals surface area contributed by atoms with Gasteiger partial charge in [-0.1, -0.05) is 24.3 Å². The molecule has 1 aromatic carbocycles. The Kier molecular flexibility index (Phi) is 1.95. The molecule has 2 aliphatic rings. The van der Waals surface area contributed by atoms with E-state index in [1.807, 2.05) is 0 Å². The first kappa shape index (κ1) is 9.14. The maximum Gasteiger partial charge on any atom is 0.133 e. The van der Waals surface area contributed by atoms with Gasteiger partial charge in [0.1, 0.15) is 5.78 Å². The molecule has 0 bridgehead atoms. The minimum absolute atomic E-state index is 0.324. The molecule has 0 aliphatic heterocycles. The van der Waals surface area contributed by atoms with Crippen LogP contribution in [0.5, 0.6) is 0 Å². The van der Waals surface area contributed by atoms with Crippen molar-refractivity contribution in [1.82, 2.24) is 0 Å². The smallest absolute Gasteiger partial charge is 0.133 e. The maximum atomic E-state index is 11.3. The highest BCUT2D eigenvalue weighted by molar-refractivity contribution is 5.82. The third-order valence-electron chi connectivity index (χ3n) is 3.73. The van der Waals surface area contributed by atoms with Crippen LogP contribution in [0.25, 0.3) is 0 Å². The zero-order chi connectivity index (χ0) is 10.4. The van der Waals surface area contributed by atoms with Crippen LogP contribution in [0.3, 0.4) is 0 Å². The van der Waals surface area contributed by atoms with Crippen molar-refractivity contribution >= 4 is 5.78 Å². The van der Waals surface area contributed by atoms with E-state index in [1.54, 1.807) is 6.92 Å². The minimum atomic E-state index is 0.324. The van der Waals surface area contributed by atoms with Gasteiger partial charge in [-0.2, -0.15) is 0 Å². The molecule has 2 atom stereocenters. The highest BCUT2D eigenvalue weighted by Gasteiger charge is 2.43. The molecule has 0 saturated heterocycles. The summed E-state index contributed by atoms with van der Waals surface area (Å²) in [6, 6.07) is 8.71. The van der Waals surface area contributed by atoms with Crippen molar-refractivity contribution in [3.63, 3.8) is 0 Å². The Morgan fingerprint density at radius 2 is 1.87 bits per heavy atom. The monoisotopic (exact) mass is 200 g/mol. The third-order valence-corrected chi connectivity index (χ3v) is 3.73. The maximum absolute atomic E-state index is 11.3. The fourth-order valence-electron chi connectivity index (χ4n) is 2.60. The van der Waals surface area contributed by atoms with E-state index in [2.05, 4.69) is 24.3 Å². The van der Waals surface area contributed by atoms with Gasteiger partial charge >= 0.3 is 0 Å². The number of ketones is 1. The van der Waals surface area contributed by atoms with Gasteiger partial charge in [-0.3, -0.25) is 4.79 Å². The fourth-order valence-corrected chi connectivity index (χ4v) is 2.60. The second-order valence-electron chi connectivity index (χ2n) is 4.96. The summed E-state index contributed by atoms with van der Waals surface area (Å²) in [6.45, 7) is 1.73. The Bertz CT molecular complexity index is 404. The molecular weight excluding hydrogens is 184 g/mol. The molecule has 0 aromatic heterocycles. The first-order valence-corrected chi connectivity index (χ1v) is 5.86. The van der Waals surface area contributed by atoms with Gasteiger partial charge in [0, 0.05) is 5.92 Å². The van der Waals surface area contributed by atoms with Gasteiger partial charge in [-0.05, 0) is 49.1 Å². The molecule has 0 heterocycles. The van der Waals surface area contributed by atoms with Crippen molar-refractivity contribution in [2.75, 3.05) is 0 Å². The largest absolute Gasteiger partial charge is 0.300 e. The van der Waals surface area contributed by atoms with Crippen LogP contribution >= 0.6 is 0 Å². The third kappa shape index (κ3) is 1.60. The molecule has 0 spiro atoms. The Morgan fingerprint density at radius 3 is 2.40 bits per heavy atom. The minimum Gasteiger partial charge on any atom is -0.300 e. The lowest BCUT2D eigenvalue weighted by Crippen LogP contribution is -1.97. The molecule has 1 heteroatoms. The van der Waals surface area contributed by atoms with E-state index in [0.29, 0.717) is 17.6 Å². The van der Waals surface area contributed by atoms with E-state index in [0.717, 1.165) is 12.3 Å². The molecule has 2 fully saturated rings. The van der Waals surface area contributed by atoms with Gasteiger partial charge in [0.15, 0.2) is 0 Å². The number of carbonyl (C=O) groups is 1. The topological polar surface area (TPSA) is 17.1 Å². The number of hydrogen-bond donors (Lipinski definition) is 0. The predicted molar refractivity (Wildman–Crippen MR) is 59.9 cm³/mol. The van der Waals surface area contributed by atoms with Crippen LogP contribution < -0.4 is 0 Å². The first-order chi connectivity index (χ1) is 7.27. The van der Waals surface area contributed by atoms with Crippen LogP contribution in [0.1, 0.15) is 49.1 Å². The highest BCUT2D eigenvalue weighted by Crippen LogP contribution is 2.52. The van der Waals surface area contributed by atoms with Gasteiger partial charge in [0.05, 0.1) is 0 Å². The van der Waals surface area contributed by atoms with Gasteiger partial charge in [-0.25, -0.2) is 0 Å². The van der Waals surface area contributed by atoms with Crippen LogP contribution in [0.2, 0.25) is 0 Å². The summed E-state index contributed by atoms with van der Waals surface area (Å²) < 4.78 is 0. The second-order valence-corrected chi connectivity index (χ2v) is 4.96. The molecule has 1 nitrogen and oxygen atoms in total. The zero-order valence-corrected chi connectivity index (χ0v) is 9.07. The molecule has 15 heavy (non-hydrogen) atoms. The summed E-state index contributed by atoms with van der Waals surface area (Å²) >= 11 is 0. The van der Waals surface area contributed by atoms with Crippen molar-refractivity contribution in [3.8, 4) is 0 Å². The molecule has 2 saturated carbocycles. The van der Waals surface area contributed by atoms with Gasteiger partial charge in [0.2, 0.25) is 0 Å². The van der Waals surface area contributed by atoms with E-state index >= 15 is 0 Å². The lowest BCUT2D eigenvalue weighted by molar-refractivity contribution is -0.118.